The quantitative estimate of drug-likeness (QED) is 0.227. The third-order valence-electron chi connectivity index (χ3n) is 4.70. The summed E-state index contributed by atoms with van der Waals surface area (Å²) in [6.07, 6.45) is 0. The molecule has 0 bridgehead atoms. The normalized spacial score (nSPS) is 10.4. The first kappa shape index (κ1) is 21.8. The minimum atomic E-state index is -0.678. The van der Waals surface area contributed by atoms with E-state index in [0.29, 0.717) is 10.7 Å². The SMILES string of the molecule is O=C(Nc1nc(-c2ccccc2)cs1)c1ccccc1C(=O)OCc1ccc([N+](=O)[O-])cc1. The van der Waals surface area contributed by atoms with Crippen LogP contribution in [0.1, 0.15) is 26.3 Å². The number of nitro groups is 1. The van der Waals surface area contributed by atoms with E-state index in [1.54, 1.807) is 12.1 Å². The lowest BCUT2D eigenvalue weighted by molar-refractivity contribution is -0.384. The molecule has 0 atom stereocenters. The molecule has 0 saturated carbocycles. The molecule has 4 aromatic rings. The highest BCUT2D eigenvalue weighted by Crippen LogP contribution is 2.25. The maximum Gasteiger partial charge on any atom is 0.339 e. The topological polar surface area (TPSA) is 111 Å². The second kappa shape index (κ2) is 9.84. The first-order valence-corrected chi connectivity index (χ1v) is 10.7. The van der Waals surface area contributed by atoms with Crippen LogP contribution in [0, 0.1) is 10.1 Å². The van der Waals surface area contributed by atoms with Gasteiger partial charge in [0.15, 0.2) is 5.13 Å². The van der Waals surface area contributed by atoms with Gasteiger partial charge in [0.2, 0.25) is 0 Å². The summed E-state index contributed by atoms with van der Waals surface area (Å²) in [5.74, 6) is -1.16. The van der Waals surface area contributed by atoms with Crippen molar-refractivity contribution in [2.45, 2.75) is 6.61 Å². The predicted octanol–water partition coefficient (Wildman–Crippen LogP) is 5.33. The van der Waals surface area contributed by atoms with E-state index >= 15 is 0 Å². The number of carbonyl (C=O) groups is 2. The number of thiazole rings is 1. The van der Waals surface area contributed by atoms with Crippen molar-refractivity contribution in [3.63, 3.8) is 0 Å². The average Bonchev–Trinajstić information content (AvgIpc) is 3.31. The number of benzene rings is 3. The number of ether oxygens (including phenoxy) is 1. The predicted molar refractivity (Wildman–Crippen MR) is 124 cm³/mol. The Hall–Kier alpha value is -4.37. The molecule has 0 fully saturated rings. The van der Waals surface area contributed by atoms with E-state index in [1.807, 2.05) is 35.7 Å². The number of esters is 1. The Balaban J connectivity index is 1.44. The molecule has 33 heavy (non-hydrogen) atoms. The fourth-order valence-corrected chi connectivity index (χ4v) is 3.75. The van der Waals surface area contributed by atoms with Gasteiger partial charge in [0.1, 0.15) is 6.61 Å². The lowest BCUT2D eigenvalue weighted by Crippen LogP contribution is -2.17. The highest BCUT2D eigenvalue weighted by Gasteiger charge is 2.19. The molecule has 9 heteroatoms. The maximum atomic E-state index is 12.8. The molecule has 1 N–H and O–H groups in total. The molecule has 8 nitrogen and oxygen atoms in total. The Morgan fingerprint density at radius 2 is 1.61 bits per heavy atom. The third kappa shape index (κ3) is 5.28. The second-order valence-electron chi connectivity index (χ2n) is 6.90. The van der Waals surface area contributed by atoms with Gasteiger partial charge in [0.25, 0.3) is 11.6 Å². The minimum Gasteiger partial charge on any atom is -0.457 e. The third-order valence-corrected chi connectivity index (χ3v) is 5.46. The molecule has 0 aliphatic heterocycles. The van der Waals surface area contributed by atoms with E-state index in [1.165, 1.54) is 47.7 Å². The number of amides is 1. The molecule has 0 aliphatic carbocycles. The molecule has 0 unspecified atom stereocenters. The van der Waals surface area contributed by atoms with Crippen molar-refractivity contribution in [1.29, 1.82) is 0 Å². The van der Waals surface area contributed by atoms with E-state index in [9.17, 15) is 19.7 Å². The number of carbonyl (C=O) groups excluding carboxylic acids is 2. The molecule has 0 saturated heterocycles. The van der Waals surface area contributed by atoms with Crippen LogP contribution in [-0.4, -0.2) is 21.8 Å². The standard InChI is InChI=1S/C24H17N3O5S/c28-22(26-24-25-21(15-33-24)17-6-2-1-3-7-17)19-8-4-5-9-20(19)23(29)32-14-16-10-12-18(13-11-16)27(30)31/h1-13,15H,14H2,(H,25,26,28). The molecule has 0 spiro atoms. The van der Waals surface area contributed by atoms with Gasteiger partial charge in [-0.2, -0.15) is 0 Å². The second-order valence-corrected chi connectivity index (χ2v) is 7.76. The number of nitrogens with one attached hydrogen (secondary N) is 1. The summed E-state index contributed by atoms with van der Waals surface area (Å²) >= 11 is 1.29. The number of anilines is 1. The van der Waals surface area contributed by atoms with Gasteiger partial charge in [-0.3, -0.25) is 20.2 Å². The fraction of sp³-hybridized carbons (Fsp3) is 0.0417. The molecule has 1 heterocycles. The van der Waals surface area contributed by atoms with Crippen LogP contribution in [0.3, 0.4) is 0 Å². The van der Waals surface area contributed by atoms with Gasteiger partial charge in [-0.05, 0) is 29.8 Å². The first-order chi connectivity index (χ1) is 16.0. The molecule has 0 radical (unpaired) electrons. The van der Waals surface area contributed by atoms with Crippen LogP contribution in [0.25, 0.3) is 11.3 Å². The van der Waals surface area contributed by atoms with Crippen molar-refractivity contribution >= 4 is 34.0 Å². The molecule has 0 aliphatic rings. The summed E-state index contributed by atoms with van der Waals surface area (Å²) in [6.45, 7) is -0.0836. The van der Waals surface area contributed by atoms with Crippen LogP contribution in [-0.2, 0) is 11.3 Å². The smallest absolute Gasteiger partial charge is 0.339 e. The lowest BCUT2D eigenvalue weighted by Gasteiger charge is -2.09. The maximum absolute atomic E-state index is 12.8. The molecule has 4 rings (SSSR count). The van der Waals surface area contributed by atoms with Crippen molar-refractivity contribution in [3.05, 3.63) is 111 Å². The lowest BCUT2D eigenvalue weighted by atomic mass is 10.1. The number of hydrogen-bond donors (Lipinski definition) is 1. The monoisotopic (exact) mass is 459 g/mol. The number of hydrogen-bond acceptors (Lipinski definition) is 7. The zero-order valence-corrected chi connectivity index (χ0v) is 18.0. The first-order valence-electron chi connectivity index (χ1n) is 9.83. The zero-order valence-electron chi connectivity index (χ0n) is 17.1. The Labute approximate surface area is 192 Å². The van der Waals surface area contributed by atoms with E-state index in [0.717, 1.165) is 11.3 Å². The fourth-order valence-electron chi connectivity index (χ4n) is 3.04. The van der Waals surface area contributed by atoms with Gasteiger partial charge in [-0.1, -0.05) is 42.5 Å². The number of rotatable bonds is 7. The zero-order chi connectivity index (χ0) is 23.2. The summed E-state index contributed by atoms with van der Waals surface area (Å²) in [4.78, 5) is 40.2. The highest BCUT2D eigenvalue weighted by molar-refractivity contribution is 7.14. The summed E-state index contributed by atoms with van der Waals surface area (Å²) in [7, 11) is 0. The molecule has 164 valence electrons. The average molecular weight is 459 g/mol. The van der Waals surface area contributed by atoms with Gasteiger partial charge in [-0.15, -0.1) is 11.3 Å². The van der Waals surface area contributed by atoms with Crippen LogP contribution in [0.4, 0.5) is 10.8 Å². The van der Waals surface area contributed by atoms with Gasteiger partial charge in [0, 0.05) is 23.1 Å². The van der Waals surface area contributed by atoms with Gasteiger partial charge < -0.3 is 4.74 Å². The Bertz CT molecular complexity index is 1300. The molecular weight excluding hydrogens is 442 g/mol. The van der Waals surface area contributed by atoms with Crippen molar-refractivity contribution < 1.29 is 19.2 Å². The molecule has 3 aromatic carbocycles. The minimum absolute atomic E-state index is 0.0512. The van der Waals surface area contributed by atoms with Crippen molar-refractivity contribution in [2.75, 3.05) is 5.32 Å². The van der Waals surface area contributed by atoms with Crippen molar-refractivity contribution in [2.24, 2.45) is 0 Å². The van der Waals surface area contributed by atoms with Gasteiger partial charge >= 0.3 is 5.97 Å². The summed E-state index contributed by atoms with van der Waals surface area (Å²) in [5, 5.41) is 15.7. The van der Waals surface area contributed by atoms with Crippen molar-refractivity contribution in [1.82, 2.24) is 4.98 Å². The van der Waals surface area contributed by atoms with E-state index in [2.05, 4.69) is 10.3 Å². The molecular formula is C24H17N3O5S. The van der Waals surface area contributed by atoms with Crippen LogP contribution in [0.5, 0.6) is 0 Å². The van der Waals surface area contributed by atoms with Crippen LogP contribution < -0.4 is 5.32 Å². The molecule has 1 amide bonds. The number of non-ortho nitro benzene ring substituents is 1. The summed E-state index contributed by atoms with van der Waals surface area (Å²) in [5.41, 5.74) is 2.48. The Kier molecular flexibility index (Phi) is 6.51. The Morgan fingerprint density at radius 3 is 2.30 bits per heavy atom. The van der Waals surface area contributed by atoms with Gasteiger partial charge in [0.05, 0.1) is 21.7 Å². The van der Waals surface area contributed by atoms with Crippen LogP contribution in [0.2, 0.25) is 0 Å². The summed E-state index contributed by atoms with van der Waals surface area (Å²) < 4.78 is 5.32. The van der Waals surface area contributed by atoms with Crippen molar-refractivity contribution in [3.8, 4) is 11.3 Å². The number of nitro benzene ring substituents is 1. The van der Waals surface area contributed by atoms with E-state index < -0.39 is 16.8 Å². The Morgan fingerprint density at radius 1 is 0.939 bits per heavy atom. The highest BCUT2D eigenvalue weighted by atomic mass is 32.1. The summed E-state index contributed by atoms with van der Waals surface area (Å²) in [6, 6.07) is 21.6. The number of aromatic nitrogens is 1. The van der Waals surface area contributed by atoms with Crippen LogP contribution >= 0.6 is 11.3 Å². The van der Waals surface area contributed by atoms with E-state index in [-0.39, 0.29) is 23.4 Å². The molecule has 1 aromatic heterocycles. The van der Waals surface area contributed by atoms with Crippen LogP contribution in [0.15, 0.2) is 84.2 Å². The van der Waals surface area contributed by atoms with Gasteiger partial charge in [-0.25, -0.2) is 9.78 Å². The number of nitrogens with zero attached hydrogens (tertiary/aromatic N) is 2. The largest absolute Gasteiger partial charge is 0.457 e. The van der Waals surface area contributed by atoms with E-state index in [4.69, 9.17) is 4.74 Å².